The number of aromatic nitrogens is 3. The van der Waals surface area contributed by atoms with Crippen LogP contribution in [0.2, 0.25) is 0 Å². The summed E-state index contributed by atoms with van der Waals surface area (Å²) in [5.74, 6) is 0.584. The number of para-hydroxylation sites is 1. The first-order valence-electron chi connectivity index (χ1n) is 10.2. The first-order valence-corrected chi connectivity index (χ1v) is 11.2. The second-order valence-electron chi connectivity index (χ2n) is 7.05. The van der Waals surface area contributed by atoms with Crippen LogP contribution in [0, 0.1) is 11.3 Å². The summed E-state index contributed by atoms with van der Waals surface area (Å²) >= 11 is 1.29. The van der Waals surface area contributed by atoms with E-state index < -0.39 is 0 Å². The highest BCUT2D eigenvalue weighted by atomic mass is 32.2. The maximum atomic E-state index is 12.4. The Morgan fingerprint density at radius 2 is 1.67 bits per heavy atom. The maximum Gasteiger partial charge on any atom is 0.250 e. The van der Waals surface area contributed by atoms with Crippen LogP contribution in [0.5, 0.6) is 0 Å². The zero-order chi connectivity index (χ0) is 23.0. The Kier molecular flexibility index (Phi) is 6.93. The van der Waals surface area contributed by atoms with Gasteiger partial charge in [-0.1, -0.05) is 72.4 Å². The number of hydrogen-bond acceptors (Lipinski definition) is 6. The van der Waals surface area contributed by atoms with E-state index >= 15 is 0 Å². The van der Waals surface area contributed by atoms with Crippen LogP contribution in [0.4, 0.5) is 0 Å². The average molecular weight is 453 g/mol. The molecule has 4 aromatic rings. The molecule has 0 aliphatic carbocycles. The Bertz CT molecular complexity index is 1310. The van der Waals surface area contributed by atoms with Gasteiger partial charge in [-0.3, -0.25) is 9.36 Å². The van der Waals surface area contributed by atoms with Gasteiger partial charge in [-0.2, -0.15) is 10.4 Å². The molecular formula is C25H20N6OS. The molecule has 0 saturated carbocycles. The van der Waals surface area contributed by atoms with Crippen molar-refractivity contribution in [3.63, 3.8) is 0 Å². The van der Waals surface area contributed by atoms with E-state index in [4.69, 9.17) is 5.26 Å². The van der Waals surface area contributed by atoms with Gasteiger partial charge in [0.25, 0.3) is 5.91 Å². The van der Waals surface area contributed by atoms with Crippen molar-refractivity contribution in [2.45, 2.75) is 12.1 Å². The number of benzene rings is 3. The molecule has 0 radical (unpaired) electrons. The van der Waals surface area contributed by atoms with Crippen molar-refractivity contribution in [3.05, 3.63) is 96.1 Å². The van der Waals surface area contributed by atoms with E-state index in [1.807, 2.05) is 65.2 Å². The summed E-state index contributed by atoms with van der Waals surface area (Å²) in [6.07, 6.45) is 0. The number of carbonyl (C=O) groups excluding carboxylic acids is 1. The second kappa shape index (κ2) is 10.4. The predicted molar refractivity (Wildman–Crippen MR) is 129 cm³/mol. The lowest BCUT2D eigenvalue weighted by Crippen LogP contribution is -2.21. The van der Waals surface area contributed by atoms with Crippen LogP contribution in [-0.2, 0) is 4.79 Å². The molecule has 0 bridgehead atoms. The van der Waals surface area contributed by atoms with Crippen molar-refractivity contribution >= 4 is 23.4 Å². The van der Waals surface area contributed by atoms with Gasteiger partial charge in [-0.25, -0.2) is 5.43 Å². The van der Waals surface area contributed by atoms with Crippen LogP contribution in [0.15, 0.2) is 95.2 Å². The first-order chi connectivity index (χ1) is 16.2. The van der Waals surface area contributed by atoms with Gasteiger partial charge in [0.05, 0.1) is 23.1 Å². The van der Waals surface area contributed by atoms with Crippen LogP contribution < -0.4 is 5.43 Å². The van der Waals surface area contributed by atoms with E-state index in [0.717, 1.165) is 16.8 Å². The lowest BCUT2D eigenvalue weighted by molar-refractivity contribution is -0.118. The Morgan fingerprint density at radius 3 is 2.33 bits per heavy atom. The van der Waals surface area contributed by atoms with E-state index in [9.17, 15) is 4.79 Å². The standard InChI is InChI=1S/C25H20N6OS/c1-18(20-14-12-19(16-26)13-15-20)27-28-23(32)17-33-25-30-29-24(21-8-4-2-5-9-21)31(25)22-10-6-3-7-11-22/h2-15H,17H2,1H3,(H,28,32)/b27-18+. The molecule has 0 aliphatic rings. The van der Waals surface area contributed by atoms with Crippen molar-refractivity contribution in [1.29, 1.82) is 5.26 Å². The van der Waals surface area contributed by atoms with Crippen molar-refractivity contribution in [2.24, 2.45) is 5.10 Å². The number of rotatable bonds is 7. The summed E-state index contributed by atoms with van der Waals surface area (Å²) in [5, 5.41) is 22.4. The minimum Gasteiger partial charge on any atom is -0.272 e. The third kappa shape index (κ3) is 5.34. The normalized spacial score (nSPS) is 11.1. The summed E-state index contributed by atoms with van der Waals surface area (Å²) in [5.41, 5.74) is 6.49. The largest absolute Gasteiger partial charge is 0.272 e. The van der Waals surface area contributed by atoms with Gasteiger partial charge in [-0.15, -0.1) is 10.2 Å². The zero-order valence-electron chi connectivity index (χ0n) is 17.8. The minimum absolute atomic E-state index is 0.129. The third-order valence-electron chi connectivity index (χ3n) is 4.79. The van der Waals surface area contributed by atoms with Gasteiger partial charge in [0.15, 0.2) is 11.0 Å². The molecule has 3 aromatic carbocycles. The van der Waals surface area contributed by atoms with Crippen LogP contribution in [0.3, 0.4) is 0 Å². The number of nitriles is 1. The summed E-state index contributed by atoms with van der Waals surface area (Å²) < 4.78 is 1.94. The molecular weight excluding hydrogens is 432 g/mol. The molecule has 0 atom stereocenters. The zero-order valence-corrected chi connectivity index (χ0v) is 18.7. The molecule has 8 heteroatoms. The smallest absolute Gasteiger partial charge is 0.250 e. The predicted octanol–water partition coefficient (Wildman–Crippen LogP) is 4.44. The van der Waals surface area contributed by atoms with Gasteiger partial charge < -0.3 is 0 Å². The fraction of sp³-hybridized carbons (Fsp3) is 0.0800. The molecule has 0 unspecified atom stereocenters. The van der Waals surface area contributed by atoms with E-state index in [1.165, 1.54) is 11.8 Å². The molecule has 1 amide bonds. The number of carbonyl (C=O) groups is 1. The molecule has 4 rings (SSSR count). The molecule has 33 heavy (non-hydrogen) atoms. The van der Waals surface area contributed by atoms with Gasteiger partial charge in [0.1, 0.15) is 0 Å². The number of nitrogens with zero attached hydrogens (tertiary/aromatic N) is 5. The van der Waals surface area contributed by atoms with Crippen LogP contribution in [0.1, 0.15) is 18.1 Å². The minimum atomic E-state index is -0.253. The lowest BCUT2D eigenvalue weighted by Gasteiger charge is -2.10. The quantitative estimate of drug-likeness (QED) is 0.254. The fourth-order valence-electron chi connectivity index (χ4n) is 3.11. The maximum absolute atomic E-state index is 12.4. The van der Waals surface area contributed by atoms with Crippen molar-refractivity contribution in [2.75, 3.05) is 5.75 Å². The highest BCUT2D eigenvalue weighted by Gasteiger charge is 2.17. The van der Waals surface area contributed by atoms with Crippen LogP contribution >= 0.6 is 11.8 Å². The summed E-state index contributed by atoms with van der Waals surface area (Å²) in [4.78, 5) is 12.4. The molecule has 162 valence electrons. The number of thioether (sulfide) groups is 1. The monoisotopic (exact) mass is 452 g/mol. The highest BCUT2D eigenvalue weighted by molar-refractivity contribution is 7.99. The van der Waals surface area contributed by atoms with Crippen molar-refractivity contribution < 1.29 is 4.79 Å². The van der Waals surface area contributed by atoms with E-state index in [0.29, 0.717) is 22.3 Å². The van der Waals surface area contributed by atoms with Crippen LogP contribution in [0.25, 0.3) is 17.1 Å². The molecule has 0 saturated heterocycles. The molecule has 1 N–H and O–H groups in total. The molecule has 1 aromatic heterocycles. The number of amides is 1. The van der Waals surface area contributed by atoms with Crippen molar-refractivity contribution in [1.82, 2.24) is 20.2 Å². The first kappa shape index (κ1) is 22.0. The Balaban J connectivity index is 1.48. The number of hydrogen-bond donors (Lipinski definition) is 1. The highest BCUT2D eigenvalue weighted by Crippen LogP contribution is 2.27. The SMILES string of the molecule is C/C(=N\NC(=O)CSc1nnc(-c2ccccc2)n1-c1ccccc1)c1ccc(C#N)cc1. The summed E-state index contributed by atoms with van der Waals surface area (Å²) in [6.45, 7) is 1.80. The van der Waals surface area contributed by atoms with Gasteiger partial charge >= 0.3 is 0 Å². The lowest BCUT2D eigenvalue weighted by atomic mass is 10.1. The topological polar surface area (TPSA) is 96.0 Å². The number of nitrogens with one attached hydrogen (secondary N) is 1. The van der Waals surface area contributed by atoms with E-state index in [2.05, 4.69) is 26.8 Å². The Hall–Kier alpha value is -4.22. The van der Waals surface area contributed by atoms with Gasteiger partial charge in [-0.05, 0) is 36.8 Å². The third-order valence-corrected chi connectivity index (χ3v) is 5.72. The van der Waals surface area contributed by atoms with Crippen LogP contribution in [-0.4, -0.2) is 32.1 Å². The number of hydrazone groups is 1. The molecule has 0 fully saturated rings. The molecule has 0 spiro atoms. The molecule has 0 aliphatic heterocycles. The second-order valence-corrected chi connectivity index (χ2v) is 8.00. The Morgan fingerprint density at radius 1 is 1.00 bits per heavy atom. The summed E-state index contributed by atoms with van der Waals surface area (Å²) in [7, 11) is 0. The van der Waals surface area contributed by atoms with Crippen molar-refractivity contribution in [3.8, 4) is 23.1 Å². The van der Waals surface area contributed by atoms with Gasteiger partial charge in [0.2, 0.25) is 0 Å². The van der Waals surface area contributed by atoms with E-state index in [1.54, 1.807) is 31.2 Å². The van der Waals surface area contributed by atoms with E-state index in [-0.39, 0.29) is 11.7 Å². The van der Waals surface area contributed by atoms with Gasteiger partial charge in [0, 0.05) is 11.3 Å². The fourth-order valence-corrected chi connectivity index (χ4v) is 3.85. The molecule has 1 heterocycles. The molecule has 7 nitrogen and oxygen atoms in total. The Labute approximate surface area is 195 Å². The average Bonchev–Trinajstić information content (AvgIpc) is 3.31. The summed E-state index contributed by atoms with van der Waals surface area (Å²) in [6, 6.07) is 28.7.